The lowest BCUT2D eigenvalue weighted by atomic mass is 9.87. The first-order valence-corrected chi connectivity index (χ1v) is 9.78. The van der Waals surface area contributed by atoms with Crippen molar-refractivity contribution in [3.8, 4) is 0 Å². The normalized spacial score (nSPS) is 17.9. The quantitative estimate of drug-likeness (QED) is 0.641. The molecule has 152 valence electrons. The topological polar surface area (TPSA) is 57.6 Å². The van der Waals surface area contributed by atoms with Gasteiger partial charge in [-0.05, 0) is 49.2 Å². The van der Waals surface area contributed by atoms with Crippen molar-refractivity contribution in [1.82, 2.24) is 0 Å². The molecule has 1 heterocycles. The molecule has 0 saturated carbocycles. The van der Waals surface area contributed by atoms with Crippen LogP contribution in [0.15, 0.2) is 66.7 Å². The maximum Gasteiger partial charge on any atom is 0.264 e. The highest BCUT2D eigenvalue weighted by molar-refractivity contribution is 6.11. The summed E-state index contributed by atoms with van der Waals surface area (Å²) in [6.07, 6.45) is -0.354. The standard InChI is InChI=1S/C25H22FNO3/c1-16-10-11-17(2)20(12-16)23(28)14-25(30)21-8-3-4-9-22(21)27(24(25)29)15-18-6-5-7-19(26)13-18/h3-13,30H,14-15H2,1-2H3/t25-/m1/s1. The van der Waals surface area contributed by atoms with E-state index in [4.69, 9.17) is 0 Å². The molecule has 0 unspecified atom stereocenters. The van der Waals surface area contributed by atoms with E-state index in [1.165, 1.54) is 17.0 Å². The van der Waals surface area contributed by atoms with Crippen LogP contribution in [0.25, 0.3) is 0 Å². The van der Waals surface area contributed by atoms with E-state index in [2.05, 4.69) is 0 Å². The van der Waals surface area contributed by atoms with Gasteiger partial charge in [-0.25, -0.2) is 4.39 Å². The zero-order valence-corrected chi connectivity index (χ0v) is 16.9. The second kappa shape index (κ2) is 7.50. The summed E-state index contributed by atoms with van der Waals surface area (Å²) in [5, 5.41) is 11.4. The van der Waals surface area contributed by atoms with Crippen molar-refractivity contribution in [3.63, 3.8) is 0 Å². The fraction of sp³-hybridized carbons (Fsp3) is 0.200. The molecule has 0 saturated heterocycles. The van der Waals surface area contributed by atoms with Gasteiger partial charge in [-0.1, -0.05) is 48.0 Å². The van der Waals surface area contributed by atoms with Crippen molar-refractivity contribution in [1.29, 1.82) is 0 Å². The van der Waals surface area contributed by atoms with Crippen LogP contribution in [0.3, 0.4) is 0 Å². The third-order valence-electron chi connectivity index (χ3n) is 5.58. The summed E-state index contributed by atoms with van der Waals surface area (Å²) >= 11 is 0. The van der Waals surface area contributed by atoms with E-state index in [9.17, 15) is 19.1 Å². The zero-order chi connectivity index (χ0) is 21.5. The number of carbonyl (C=O) groups is 2. The van der Waals surface area contributed by atoms with Crippen LogP contribution in [-0.2, 0) is 16.9 Å². The number of carbonyl (C=O) groups excluding carboxylic acids is 2. The van der Waals surface area contributed by atoms with Crippen molar-refractivity contribution >= 4 is 17.4 Å². The summed E-state index contributed by atoms with van der Waals surface area (Å²) in [5.41, 5.74) is 1.79. The van der Waals surface area contributed by atoms with E-state index in [1.54, 1.807) is 42.5 Å². The maximum absolute atomic E-state index is 13.6. The van der Waals surface area contributed by atoms with Gasteiger partial charge < -0.3 is 10.0 Å². The van der Waals surface area contributed by atoms with E-state index >= 15 is 0 Å². The zero-order valence-electron chi connectivity index (χ0n) is 16.9. The minimum Gasteiger partial charge on any atom is -0.375 e. The molecule has 3 aromatic carbocycles. The largest absolute Gasteiger partial charge is 0.375 e. The van der Waals surface area contributed by atoms with E-state index < -0.39 is 17.3 Å². The number of para-hydroxylation sites is 1. The highest BCUT2D eigenvalue weighted by Crippen LogP contribution is 2.43. The van der Waals surface area contributed by atoms with E-state index in [-0.39, 0.29) is 18.7 Å². The predicted molar refractivity (Wildman–Crippen MR) is 113 cm³/mol. The van der Waals surface area contributed by atoms with Crippen molar-refractivity contribution in [2.24, 2.45) is 0 Å². The molecule has 30 heavy (non-hydrogen) atoms. The van der Waals surface area contributed by atoms with Gasteiger partial charge in [0.15, 0.2) is 11.4 Å². The van der Waals surface area contributed by atoms with Crippen LogP contribution in [0.2, 0.25) is 0 Å². The van der Waals surface area contributed by atoms with Gasteiger partial charge in [0.25, 0.3) is 5.91 Å². The van der Waals surface area contributed by atoms with Gasteiger partial charge in [-0.15, -0.1) is 0 Å². The summed E-state index contributed by atoms with van der Waals surface area (Å²) in [6.45, 7) is 3.83. The Morgan fingerprint density at radius 1 is 1.03 bits per heavy atom. The van der Waals surface area contributed by atoms with E-state index in [1.807, 2.05) is 26.0 Å². The molecule has 0 radical (unpaired) electrons. The Balaban J connectivity index is 1.70. The minimum atomic E-state index is -1.96. The first kappa shape index (κ1) is 20.0. The minimum absolute atomic E-state index is 0.105. The monoisotopic (exact) mass is 403 g/mol. The first-order chi connectivity index (χ1) is 14.3. The van der Waals surface area contributed by atoms with Crippen LogP contribution in [0.4, 0.5) is 10.1 Å². The maximum atomic E-state index is 13.6. The Hall–Kier alpha value is -3.31. The number of Topliss-reactive ketones (excluding diaryl/α,β-unsaturated/α-hetero) is 1. The average molecular weight is 403 g/mol. The number of hydrogen-bond donors (Lipinski definition) is 1. The lowest BCUT2D eigenvalue weighted by Crippen LogP contribution is -2.41. The summed E-state index contributed by atoms with van der Waals surface area (Å²) in [6, 6.07) is 18.4. The summed E-state index contributed by atoms with van der Waals surface area (Å²) < 4.78 is 13.6. The molecule has 0 fully saturated rings. The van der Waals surface area contributed by atoms with Gasteiger partial charge >= 0.3 is 0 Å². The average Bonchev–Trinajstić information content (AvgIpc) is 2.92. The summed E-state index contributed by atoms with van der Waals surface area (Å²) in [5.74, 6) is -1.27. The van der Waals surface area contributed by atoms with Gasteiger partial charge in [0.2, 0.25) is 0 Å². The number of aliphatic hydroxyl groups is 1. The Kier molecular flexibility index (Phi) is 5.00. The molecule has 4 rings (SSSR count). The number of benzene rings is 3. The number of rotatable bonds is 5. The molecular formula is C25H22FNO3. The summed E-state index contributed by atoms with van der Waals surface area (Å²) in [7, 11) is 0. The summed E-state index contributed by atoms with van der Waals surface area (Å²) in [4.78, 5) is 27.8. The highest BCUT2D eigenvalue weighted by atomic mass is 19.1. The first-order valence-electron chi connectivity index (χ1n) is 9.78. The van der Waals surface area contributed by atoms with Gasteiger partial charge in [-0.2, -0.15) is 0 Å². The lowest BCUT2D eigenvalue weighted by Gasteiger charge is -2.23. The molecule has 1 atom stereocenters. The van der Waals surface area contributed by atoms with Gasteiger partial charge in [-0.3, -0.25) is 9.59 Å². The Labute approximate surface area is 174 Å². The molecule has 5 heteroatoms. The third kappa shape index (κ3) is 3.42. The van der Waals surface area contributed by atoms with E-state index in [0.717, 1.165) is 11.1 Å². The third-order valence-corrected chi connectivity index (χ3v) is 5.58. The van der Waals surface area contributed by atoms with Crippen molar-refractivity contribution in [3.05, 3.63) is 100 Å². The fourth-order valence-corrected chi connectivity index (χ4v) is 4.02. The van der Waals surface area contributed by atoms with Crippen molar-refractivity contribution in [2.45, 2.75) is 32.4 Å². The molecule has 1 aliphatic rings. The number of halogens is 1. The smallest absolute Gasteiger partial charge is 0.264 e. The molecule has 4 nitrogen and oxygen atoms in total. The fourth-order valence-electron chi connectivity index (χ4n) is 4.02. The predicted octanol–water partition coefficient (Wildman–Crippen LogP) is 4.45. The van der Waals surface area contributed by atoms with Gasteiger partial charge in [0.05, 0.1) is 18.7 Å². The lowest BCUT2D eigenvalue weighted by molar-refractivity contribution is -0.136. The number of anilines is 1. The molecule has 1 aliphatic heterocycles. The molecule has 3 aromatic rings. The van der Waals surface area contributed by atoms with Crippen LogP contribution >= 0.6 is 0 Å². The van der Waals surface area contributed by atoms with Gasteiger partial charge in [0.1, 0.15) is 5.82 Å². The van der Waals surface area contributed by atoms with Crippen LogP contribution in [0.1, 0.15) is 39.0 Å². The molecule has 0 spiro atoms. The molecular weight excluding hydrogens is 381 g/mol. The molecule has 1 N–H and O–H groups in total. The van der Waals surface area contributed by atoms with Crippen LogP contribution in [0, 0.1) is 19.7 Å². The second-order valence-electron chi connectivity index (χ2n) is 7.82. The number of amides is 1. The number of ketones is 1. The van der Waals surface area contributed by atoms with Crippen molar-refractivity contribution < 1.29 is 19.1 Å². The Bertz CT molecular complexity index is 1160. The van der Waals surface area contributed by atoms with Crippen LogP contribution < -0.4 is 4.90 Å². The second-order valence-corrected chi connectivity index (χ2v) is 7.82. The van der Waals surface area contributed by atoms with Gasteiger partial charge in [0, 0.05) is 11.1 Å². The molecule has 0 aromatic heterocycles. The number of hydrogen-bond acceptors (Lipinski definition) is 3. The number of aryl methyl sites for hydroxylation is 2. The van der Waals surface area contributed by atoms with Crippen molar-refractivity contribution in [2.75, 3.05) is 4.90 Å². The molecule has 0 bridgehead atoms. The number of fused-ring (bicyclic) bond motifs is 1. The Morgan fingerprint density at radius 3 is 2.57 bits per heavy atom. The van der Waals surface area contributed by atoms with Crippen LogP contribution in [-0.4, -0.2) is 16.8 Å². The van der Waals surface area contributed by atoms with Crippen LogP contribution in [0.5, 0.6) is 0 Å². The molecule has 0 aliphatic carbocycles. The molecule has 1 amide bonds. The highest BCUT2D eigenvalue weighted by Gasteiger charge is 2.50. The number of nitrogens with zero attached hydrogens (tertiary/aromatic N) is 1. The SMILES string of the molecule is Cc1ccc(C)c(C(=O)C[C@]2(O)C(=O)N(Cc3cccc(F)c3)c3ccccc32)c1. The van der Waals surface area contributed by atoms with E-state index in [0.29, 0.717) is 22.4 Å². The Morgan fingerprint density at radius 2 is 1.80 bits per heavy atom.